The lowest BCUT2D eigenvalue weighted by Crippen LogP contribution is -2.23. The molecule has 0 fully saturated rings. The summed E-state index contributed by atoms with van der Waals surface area (Å²) in [4.78, 5) is 6.55. The average molecular weight is 141 g/mol. The molecule has 0 unspecified atom stereocenters. The summed E-state index contributed by atoms with van der Waals surface area (Å²) in [5.41, 5.74) is 5.38. The predicted molar refractivity (Wildman–Crippen MR) is 43.2 cm³/mol. The van der Waals surface area contributed by atoms with Gasteiger partial charge in [-0.25, -0.2) is 0 Å². The number of nitrogens with two attached hydrogens (primary N) is 1. The van der Waals surface area contributed by atoms with Crippen LogP contribution in [0.3, 0.4) is 0 Å². The third-order valence-corrected chi connectivity index (χ3v) is 1.77. The van der Waals surface area contributed by atoms with Gasteiger partial charge in [-0.2, -0.15) is 0 Å². The molecular formula is C7H15N3. The fourth-order valence-corrected chi connectivity index (χ4v) is 1.11. The van der Waals surface area contributed by atoms with E-state index in [4.69, 9.17) is 5.73 Å². The number of hydrogen-bond acceptors (Lipinski definition) is 3. The van der Waals surface area contributed by atoms with Crippen molar-refractivity contribution in [1.82, 2.24) is 4.90 Å². The Labute approximate surface area is 61.9 Å². The van der Waals surface area contributed by atoms with Gasteiger partial charge in [0.1, 0.15) is 0 Å². The van der Waals surface area contributed by atoms with Crippen LogP contribution in [0.4, 0.5) is 0 Å². The molecule has 1 heterocycles. The van der Waals surface area contributed by atoms with Crippen molar-refractivity contribution in [2.45, 2.75) is 12.8 Å². The first-order valence-corrected chi connectivity index (χ1v) is 3.79. The van der Waals surface area contributed by atoms with Gasteiger partial charge in [0.25, 0.3) is 0 Å². The summed E-state index contributed by atoms with van der Waals surface area (Å²) in [6.07, 6.45) is 2.11. The lowest BCUT2D eigenvalue weighted by molar-refractivity contribution is 0.542. The first kappa shape index (κ1) is 7.54. The Morgan fingerprint density at radius 3 is 3.00 bits per heavy atom. The Bertz CT molecular complexity index is 131. The molecule has 0 aliphatic carbocycles. The quantitative estimate of drug-likeness (QED) is 0.604. The van der Waals surface area contributed by atoms with Gasteiger partial charge in [0.15, 0.2) is 0 Å². The Balaban J connectivity index is 2.26. The predicted octanol–water partition coefficient (Wildman–Crippen LogP) is 0.0692. The minimum Gasteiger partial charge on any atom is -0.362 e. The molecule has 10 heavy (non-hydrogen) atoms. The SMILES string of the molecule is CN1CCN=C1CCCN. The molecule has 0 saturated carbocycles. The lowest BCUT2D eigenvalue weighted by atomic mass is 10.3. The number of rotatable bonds is 3. The summed E-state index contributed by atoms with van der Waals surface area (Å²) in [6.45, 7) is 2.82. The number of hydrogen-bond donors (Lipinski definition) is 1. The van der Waals surface area contributed by atoms with Gasteiger partial charge >= 0.3 is 0 Å². The van der Waals surface area contributed by atoms with Crippen molar-refractivity contribution in [2.24, 2.45) is 10.7 Å². The zero-order valence-corrected chi connectivity index (χ0v) is 6.51. The van der Waals surface area contributed by atoms with Gasteiger partial charge in [0, 0.05) is 20.0 Å². The van der Waals surface area contributed by atoms with Crippen molar-refractivity contribution in [3.05, 3.63) is 0 Å². The molecule has 1 rings (SSSR count). The van der Waals surface area contributed by atoms with Crippen molar-refractivity contribution in [3.63, 3.8) is 0 Å². The number of aliphatic imine (C=N–C) groups is 1. The average Bonchev–Trinajstić information content (AvgIpc) is 2.31. The van der Waals surface area contributed by atoms with Gasteiger partial charge in [-0.05, 0) is 13.0 Å². The monoisotopic (exact) mass is 141 g/mol. The molecule has 58 valence electrons. The molecule has 3 nitrogen and oxygen atoms in total. The van der Waals surface area contributed by atoms with Crippen LogP contribution in [-0.2, 0) is 0 Å². The van der Waals surface area contributed by atoms with E-state index in [0.29, 0.717) is 0 Å². The Morgan fingerprint density at radius 1 is 1.70 bits per heavy atom. The minimum atomic E-state index is 0.771. The second-order valence-electron chi connectivity index (χ2n) is 2.61. The highest BCUT2D eigenvalue weighted by Crippen LogP contribution is 2.02. The van der Waals surface area contributed by atoms with Gasteiger partial charge in [-0.1, -0.05) is 0 Å². The maximum Gasteiger partial charge on any atom is 0.0988 e. The van der Waals surface area contributed by atoms with E-state index in [1.165, 1.54) is 5.84 Å². The topological polar surface area (TPSA) is 41.6 Å². The van der Waals surface area contributed by atoms with Crippen LogP contribution in [-0.4, -0.2) is 37.4 Å². The zero-order valence-electron chi connectivity index (χ0n) is 6.51. The Kier molecular flexibility index (Phi) is 2.68. The Hall–Kier alpha value is -0.570. The van der Waals surface area contributed by atoms with Crippen LogP contribution in [0.15, 0.2) is 4.99 Å². The smallest absolute Gasteiger partial charge is 0.0988 e. The second-order valence-corrected chi connectivity index (χ2v) is 2.61. The molecule has 0 radical (unpaired) electrons. The lowest BCUT2D eigenvalue weighted by Gasteiger charge is -2.12. The van der Waals surface area contributed by atoms with Gasteiger partial charge in [-0.3, -0.25) is 4.99 Å². The van der Waals surface area contributed by atoms with E-state index >= 15 is 0 Å². The van der Waals surface area contributed by atoms with Crippen molar-refractivity contribution in [1.29, 1.82) is 0 Å². The largest absolute Gasteiger partial charge is 0.362 e. The van der Waals surface area contributed by atoms with Gasteiger partial charge < -0.3 is 10.6 Å². The first-order valence-electron chi connectivity index (χ1n) is 3.79. The fourth-order valence-electron chi connectivity index (χ4n) is 1.11. The van der Waals surface area contributed by atoms with Crippen molar-refractivity contribution < 1.29 is 0 Å². The van der Waals surface area contributed by atoms with Gasteiger partial charge in [0.05, 0.1) is 12.4 Å². The third-order valence-electron chi connectivity index (χ3n) is 1.77. The van der Waals surface area contributed by atoms with E-state index in [2.05, 4.69) is 16.9 Å². The van der Waals surface area contributed by atoms with E-state index in [9.17, 15) is 0 Å². The molecule has 0 aromatic carbocycles. The molecule has 1 aliphatic rings. The van der Waals surface area contributed by atoms with Crippen molar-refractivity contribution >= 4 is 5.84 Å². The molecule has 3 heteroatoms. The summed E-state index contributed by atoms with van der Waals surface area (Å²) < 4.78 is 0. The van der Waals surface area contributed by atoms with Crippen molar-refractivity contribution in [2.75, 3.05) is 26.7 Å². The van der Waals surface area contributed by atoms with Crippen molar-refractivity contribution in [3.8, 4) is 0 Å². The number of likely N-dealkylation sites (N-methyl/N-ethyl adjacent to an activating group) is 1. The molecule has 0 aromatic heterocycles. The summed E-state index contributed by atoms with van der Waals surface area (Å²) in [6, 6.07) is 0. The van der Waals surface area contributed by atoms with Crippen LogP contribution >= 0.6 is 0 Å². The van der Waals surface area contributed by atoms with Crippen LogP contribution < -0.4 is 5.73 Å². The highest BCUT2D eigenvalue weighted by Gasteiger charge is 2.10. The third kappa shape index (κ3) is 1.70. The van der Waals surface area contributed by atoms with Crippen LogP contribution in [0.5, 0.6) is 0 Å². The van der Waals surface area contributed by atoms with E-state index < -0.39 is 0 Å². The van der Waals surface area contributed by atoms with Gasteiger partial charge in [0.2, 0.25) is 0 Å². The van der Waals surface area contributed by atoms with Crippen LogP contribution in [0.25, 0.3) is 0 Å². The second kappa shape index (κ2) is 3.56. The fraction of sp³-hybridized carbons (Fsp3) is 0.857. The van der Waals surface area contributed by atoms with E-state index in [1.807, 2.05) is 0 Å². The first-order chi connectivity index (χ1) is 4.84. The number of nitrogens with zero attached hydrogens (tertiary/aromatic N) is 2. The highest BCUT2D eigenvalue weighted by atomic mass is 15.2. The molecule has 0 amide bonds. The molecule has 1 aliphatic heterocycles. The normalized spacial score (nSPS) is 17.8. The molecule has 2 N–H and O–H groups in total. The van der Waals surface area contributed by atoms with E-state index in [0.717, 1.165) is 32.5 Å². The molecule has 0 bridgehead atoms. The summed E-state index contributed by atoms with van der Waals surface area (Å²) >= 11 is 0. The number of amidine groups is 1. The maximum absolute atomic E-state index is 5.38. The standard InChI is InChI=1S/C7H15N3/c1-10-6-5-9-7(10)3-2-4-8/h2-6,8H2,1H3. The highest BCUT2D eigenvalue weighted by molar-refractivity contribution is 5.83. The molecule has 0 spiro atoms. The van der Waals surface area contributed by atoms with Gasteiger partial charge in [-0.15, -0.1) is 0 Å². The zero-order chi connectivity index (χ0) is 7.40. The van der Waals surface area contributed by atoms with Crippen LogP contribution in [0.1, 0.15) is 12.8 Å². The van der Waals surface area contributed by atoms with Crippen LogP contribution in [0, 0.1) is 0 Å². The summed E-state index contributed by atoms with van der Waals surface area (Å²) in [5.74, 6) is 1.23. The van der Waals surface area contributed by atoms with E-state index in [1.54, 1.807) is 0 Å². The van der Waals surface area contributed by atoms with Crippen LogP contribution in [0.2, 0.25) is 0 Å². The molecule has 0 aromatic rings. The summed E-state index contributed by atoms with van der Waals surface area (Å²) in [7, 11) is 2.09. The van der Waals surface area contributed by atoms with E-state index in [-0.39, 0.29) is 0 Å². The minimum absolute atomic E-state index is 0.771. The maximum atomic E-state index is 5.38. The molecular weight excluding hydrogens is 126 g/mol. The molecule has 0 saturated heterocycles. The Morgan fingerprint density at radius 2 is 2.50 bits per heavy atom. The molecule has 0 atom stereocenters. The summed E-state index contributed by atoms with van der Waals surface area (Å²) in [5, 5.41) is 0.